The molecule has 0 fully saturated rings. The molecule has 0 aromatic heterocycles. The first-order valence-corrected chi connectivity index (χ1v) is 8.39. The fraction of sp³-hybridized carbons (Fsp3) is 0.300. The van der Waals surface area contributed by atoms with Gasteiger partial charge in [0.05, 0.1) is 6.54 Å². The van der Waals surface area contributed by atoms with Crippen LogP contribution in [0.25, 0.3) is 0 Å². The van der Waals surface area contributed by atoms with Gasteiger partial charge in [-0.25, -0.2) is 0 Å². The fourth-order valence-electron chi connectivity index (χ4n) is 2.71. The molecular formula is C20H25N3O2. The molecule has 0 spiro atoms. The van der Waals surface area contributed by atoms with Gasteiger partial charge in [-0.05, 0) is 37.5 Å². The maximum atomic E-state index is 12.6. The summed E-state index contributed by atoms with van der Waals surface area (Å²) in [6.45, 7) is 6.11. The number of aryl methyl sites for hydroxylation is 2. The molecular weight excluding hydrogens is 314 g/mol. The summed E-state index contributed by atoms with van der Waals surface area (Å²) in [6.07, 6.45) is 0. The number of anilines is 1. The molecule has 2 amide bonds. The monoisotopic (exact) mass is 339 g/mol. The Hall–Kier alpha value is -2.66. The zero-order valence-corrected chi connectivity index (χ0v) is 15.0. The summed E-state index contributed by atoms with van der Waals surface area (Å²) in [5, 5.41) is 2.90. The summed E-state index contributed by atoms with van der Waals surface area (Å²) in [5.41, 5.74) is 9.58. The maximum Gasteiger partial charge on any atom is 0.244 e. The number of nitrogens with zero attached hydrogens (tertiary/aromatic N) is 1. The Morgan fingerprint density at radius 3 is 2.20 bits per heavy atom. The Labute approximate surface area is 148 Å². The number of benzene rings is 2. The minimum absolute atomic E-state index is 0.0242. The number of rotatable bonds is 6. The number of likely N-dealkylation sites (N-methyl/N-ethyl adjacent to an activating group) is 1. The van der Waals surface area contributed by atoms with Gasteiger partial charge < -0.3 is 16.0 Å². The van der Waals surface area contributed by atoms with E-state index in [2.05, 4.69) is 5.32 Å². The first-order valence-electron chi connectivity index (χ1n) is 8.39. The number of nitrogens with two attached hydrogens (primary N) is 1. The van der Waals surface area contributed by atoms with Gasteiger partial charge in [0.1, 0.15) is 6.04 Å². The Morgan fingerprint density at radius 2 is 1.64 bits per heavy atom. The van der Waals surface area contributed by atoms with Crippen LogP contribution in [0.5, 0.6) is 0 Å². The topological polar surface area (TPSA) is 75.4 Å². The SMILES string of the molecule is CCN(CC(=O)Nc1c(C)cccc1C)C(=O)C(N)c1ccccc1. The summed E-state index contributed by atoms with van der Waals surface area (Å²) in [5.74, 6) is -0.488. The van der Waals surface area contributed by atoms with Crippen LogP contribution in [-0.2, 0) is 9.59 Å². The van der Waals surface area contributed by atoms with Crippen molar-refractivity contribution in [1.29, 1.82) is 0 Å². The average molecular weight is 339 g/mol. The third kappa shape index (κ3) is 4.67. The van der Waals surface area contributed by atoms with Crippen molar-refractivity contribution in [2.75, 3.05) is 18.4 Å². The van der Waals surface area contributed by atoms with Gasteiger partial charge in [0.2, 0.25) is 11.8 Å². The van der Waals surface area contributed by atoms with Crippen molar-refractivity contribution in [2.45, 2.75) is 26.8 Å². The minimum Gasteiger partial charge on any atom is -0.332 e. The number of carbonyl (C=O) groups excluding carboxylic acids is 2. The van der Waals surface area contributed by atoms with Crippen LogP contribution in [0.1, 0.15) is 29.7 Å². The summed E-state index contributed by atoms with van der Waals surface area (Å²) < 4.78 is 0. The molecule has 0 heterocycles. The highest BCUT2D eigenvalue weighted by molar-refractivity contribution is 5.96. The number of hydrogen-bond acceptors (Lipinski definition) is 3. The van der Waals surface area contributed by atoms with Gasteiger partial charge in [-0.1, -0.05) is 48.5 Å². The van der Waals surface area contributed by atoms with Crippen molar-refractivity contribution in [3.63, 3.8) is 0 Å². The molecule has 1 unspecified atom stereocenters. The first-order chi connectivity index (χ1) is 11.9. The summed E-state index contributed by atoms with van der Waals surface area (Å²) in [4.78, 5) is 26.5. The number of carbonyl (C=O) groups is 2. The molecule has 0 aliphatic carbocycles. The van der Waals surface area contributed by atoms with Gasteiger partial charge in [0.25, 0.3) is 0 Å². The third-order valence-corrected chi connectivity index (χ3v) is 4.20. The molecule has 25 heavy (non-hydrogen) atoms. The Kier molecular flexibility index (Phi) is 6.31. The van der Waals surface area contributed by atoms with E-state index in [0.29, 0.717) is 6.54 Å². The van der Waals surface area contributed by atoms with Crippen LogP contribution >= 0.6 is 0 Å². The molecule has 2 rings (SSSR count). The van der Waals surface area contributed by atoms with Crippen molar-refractivity contribution in [2.24, 2.45) is 5.73 Å². The van der Waals surface area contributed by atoms with Gasteiger partial charge in [-0.3, -0.25) is 9.59 Å². The molecule has 5 nitrogen and oxygen atoms in total. The molecule has 1 atom stereocenters. The number of para-hydroxylation sites is 1. The fourth-order valence-corrected chi connectivity index (χ4v) is 2.71. The van der Waals surface area contributed by atoms with E-state index in [-0.39, 0.29) is 18.4 Å². The van der Waals surface area contributed by atoms with Crippen LogP contribution in [0.4, 0.5) is 5.69 Å². The van der Waals surface area contributed by atoms with E-state index < -0.39 is 6.04 Å². The number of nitrogens with one attached hydrogen (secondary N) is 1. The smallest absolute Gasteiger partial charge is 0.244 e. The summed E-state index contributed by atoms with van der Waals surface area (Å²) in [6, 6.07) is 14.2. The molecule has 2 aromatic rings. The van der Waals surface area contributed by atoms with Crippen molar-refractivity contribution >= 4 is 17.5 Å². The van der Waals surface area contributed by atoms with Gasteiger partial charge in [-0.15, -0.1) is 0 Å². The molecule has 0 aliphatic heterocycles. The molecule has 0 saturated carbocycles. The maximum absolute atomic E-state index is 12.6. The molecule has 0 aliphatic rings. The lowest BCUT2D eigenvalue weighted by atomic mass is 10.1. The Balaban J connectivity index is 2.06. The van der Waals surface area contributed by atoms with E-state index in [1.54, 1.807) is 0 Å². The van der Waals surface area contributed by atoms with Gasteiger partial charge in [0, 0.05) is 12.2 Å². The highest BCUT2D eigenvalue weighted by Crippen LogP contribution is 2.19. The molecule has 3 N–H and O–H groups in total. The van der Waals surface area contributed by atoms with Crippen LogP contribution in [0, 0.1) is 13.8 Å². The van der Waals surface area contributed by atoms with Crippen molar-refractivity contribution in [3.8, 4) is 0 Å². The van der Waals surface area contributed by atoms with E-state index >= 15 is 0 Å². The highest BCUT2D eigenvalue weighted by Gasteiger charge is 2.23. The second-order valence-corrected chi connectivity index (χ2v) is 6.06. The zero-order valence-electron chi connectivity index (χ0n) is 15.0. The third-order valence-electron chi connectivity index (χ3n) is 4.20. The second kappa shape index (κ2) is 8.44. The lowest BCUT2D eigenvalue weighted by Gasteiger charge is -2.24. The second-order valence-electron chi connectivity index (χ2n) is 6.06. The van der Waals surface area contributed by atoms with Gasteiger partial charge >= 0.3 is 0 Å². The van der Waals surface area contributed by atoms with E-state index in [0.717, 1.165) is 22.4 Å². The molecule has 2 aromatic carbocycles. The van der Waals surface area contributed by atoms with E-state index in [9.17, 15) is 9.59 Å². The normalized spacial score (nSPS) is 11.7. The largest absolute Gasteiger partial charge is 0.332 e. The quantitative estimate of drug-likeness (QED) is 0.850. The van der Waals surface area contributed by atoms with Gasteiger partial charge in [0.15, 0.2) is 0 Å². The van der Waals surface area contributed by atoms with Crippen molar-refractivity contribution < 1.29 is 9.59 Å². The molecule has 0 saturated heterocycles. The van der Waals surface area contributed by atoms with Crippen LogP contribution in [-0.4, -0.2) is 29.8 Å². The summed E-state index contributed by atoms with van der Waals surface area (Å²) >= 11 is 0. The summed E-state index contributed by atoms with van der Waals surface area (Å²) in [7, 11) is 0. The van der Waals surface area contributed by atoms with Crippen LogP contribution in [0.2, 0.25) is 0 Å². The first kappa shape index (κ1) is 18.7. The Morgan fingerprint density at radius 1 is 1.04 bits per heavy atom. The molecule has 0 bridgehead atoms. The highest BCUT2D eigenvalue weighted by atomic mass is 16.2. The lowest BCUT2D eigenvalue weighted by molar-refractivity contribution is -0.135. The minimum atomic E-state index is -0.769. The van der Waals surface area contributed by atoms with Crippen LogP contribution in [0.3, 0.4) is 0 Å². The molecule has 132 valence electrons. The molecule has 5 heteroatoms. The predicted octanol–water partition coefficient (Wildman–Crippen LogP) is 2.79. The van der Waals surface area contributed by atoms with Crippen LogP contribution < -0.4 is 11.1 Å². The van der Waals surface area contributed by atoms with E-state index in [1.165, 1.54) is 4.90 Å². The lowest BCUT2D eigenvalue weighted by Crippen LogP contribution is -2.42. The van der Waals surface area contributed by atoms with Gasteiger partial charge in [-0.2, -0.15) is 0 Å². The number of amides is 2. The average Bonchev–Trinajstić information content (AvgIpc) is 2.62. The molecule has 0 radical (unpaired) electrons. The zero-order chi connectivity index (χ0) is 18.4. The predicted molar refractivity (Wildman–Crippen MR) is 100 cm³/mol. The van der Waals surface area contributed by atoms with E-state index in [1.807, 2.05) is 69.3 Å². The number of hydrogen-bond donors (Lipinski definition) is 2. The van der Waals surface area contributed by atoms with Crippen molar-refractivity contribution in [1.82, 2.24) is 4.90 Å². The Bertz CT molecular complexity index is 724. The van der Waals surface area contributed by atoms with Crippen LogP contribution in [0.15, 0.2) is 48.5 Å². The van der Waals surface area contributed by atoms with E-state index in [4.69, 9.17) is 5.73 Å². The van der Waals surface area contributed by atoms with Crippen molar-refractivity contribution in [3.05, 3.63) is 65.2 Å². The standard InChI is InChI=1S/C20H25N3O2/c1-4-23(20(25)18(21)16-11-6-5-7-12-16)13-17(24)22-19-14(2)9-8-10-15(19)3/h5-12,18H,4,13,21H2,1-3H3,(H,22,24).